The molecule has 0 aliphatic carbocycles. The van der Waals surface area contributed by atoms with Crippen LogP contribution in [0.3, 0.4) is 0 Å². The second kappa shape index (κ2) is 8.55. The lowest BCUT2D eigenvalue weighted by Crippen LogP contribution is -2.23. The predicted octanol–water partition coefficient (Wildman–Crippen LogP) is 3.74. The number of para-hydroxylation sites is 1. The van der Waals surface area contributed by atoms with Crippen molar-refractivity contribution in [1.29, 1.82) is 0 Å². The standard InChI is InChI=1S/C21H24F2N4O2/c1-12-16(13(2)25-20-19(12)14(3)26-27(20)4)9-10-18(28)24-11-15-7-5-6-8-17(15)29-21(22)23/h5-8,21H,9-11H2,1-4H3,(H,24,28). The maximum atomic E-state index is 12.5. The molecule has 0 unspecified atom stereocenters. The zero-order valence-electron chi connectivity index (χ0n) is 16.9. The molecule has 0 radical (unpaired) electrons. The summed E-state index contributed by atoms with van der Waals surface area (Å²) in [5.41, 5.74) is 5.24. The molecule has 0 saturated carbocycles. The molecule has 1 aromatic carbocycles. The molecule has 1 amide bonds. The number of pyridine rings is 1. The third-order valence-corrected chi connectivity index (χ3v) is 5.00. The fraction of sp³-hybridized carbons (Fsp3) is 0.381. The SMILES string of the molecule is Cc1nc2c(c(C)nn2C)c(C)c1CCC(=O)NCc1ccccc1OC(F)F. The van der Waals surface area contributed by atoms with Crippen LogP contribution >= 0.6 is 0 Å². The molecule has 0 aliphatic rings. The minimum atomic E-state index is -2.91. The van der Waals surface area contributed by atoms with Crippen molar-refractivity contribution in [2.45, 2.75) is 46.8 Å². The summed E-state index contributed by atoms with van der Waals surface area (Å²) < 4.78 is 31.3. The largest absolute Gasteiger partial charge is 0.434 e. The van der Waals surface area contributed by atoms with Crippen LogP contribution in [0.1, 0.15) is 34.5 Å². The lowest BCUT2D eigenvalue weighted by molar-refractivity contribution is -0.121. The average Bonchev–Trinajstić information content (AvgIpc) is 2.94. The van der Waals surface area contributed by atoms with Crippen LogP contribution in [-0.2, 0) is 24.8 Å². The summed E-state index contributed by atoms with van der Waals surface area (Å²) in [7, 11) is 1.87. The van der Waals surface area contributed by atoms with Crippen LogP contribution in [0.15, 0.2) is 24.3 Å². The number of carbonyl (C=O) groups excluding carboxylic acids is 1. The predicted molar refractivity (Wildman–Crippen MR) is 106 cm³/mol. The Hall–Kier alpha value is -3.03. The Morgan fingerprint density at radius 1 is 1.21 bits per heavy atom. The number of aromatic nitrogens is 3. The summed E-state index contributed by atoms with van der Waals surface area (Å²) in [6.45, 7) is 3.12. The first-order valence-electron chi connectivity index (χ1n) is 9.36. The van der Waals surface area contributed by atoms with Gasteiger partial charge in [0.25, 0.3) is 0 Å². The van der Waals surface area contributed by atoms with Crippen LogP contribution < -0.4 is 10.1 Å². The van der Waals surface area contributed by atoms with Crippen molar-refractivity contribution >= 4 is 16.9 Å². The summed E-state index contributed by atoms with van der Waals surface area (Å²) in [4.78, 5) is 17.0. The van der Waals surface area contributed by atoms with E-state index in [-0.39, 0.29) is 24.6 Å². The van der Waals surface area contributed by atoms with Gasteiger partial charge in [-0.25, -0.2) is 4.98 Å². The first-order chi connectivity index (χ1) is 13.8. The van der Waals surface area contributed by atoms with Gasteiger partial charge >= 0.3 is 6.61 Å². The van der Waals surface area contributed by atoms with Crippen LogP contribution in [0.2, 0.25) is 0 Å². The van der Waals surface area contributed by atoms with Crippen molar-refractivity contribution in [2.24, 2.45) is 7.05 Å². The molecular formula is C21H24F2N4O2. The van der Waals surface area contributed by atoms with Gasteiger partial charge in [-0.3, -0.25) is 9.48 Å². The Bertz CT molecular complexity index is 1050. The van der Waals surface area contributed by atoms with Crippen LogP contribution in [0.4, 0.5) is 8.78 Å². The highest BCUT2D eigenvalue weighted by atomic mass is 19.3. The number of alkyl halides is 2. The van der Waals surface area contributed by atoms with E-state index in [1.165, 1.54) is 6.07 Å². The number of hydrogen-bond acceptors (Lipinski definition) is 4. The zero-order chi connectivity index (χ0) is 21.1. The van der Waals surface area contributed by atoms with E-state index in [2.05, 4.69) is 20.1 Å². The quantitative estimate of drug-likeness (QED) is 0.654. The molecule has 3 aromatic rings. The van der Waals surface area contributed by atoms with E-state index in [4.69, 9.17) is 0 Å². The van der Waals surface area contributed by atoms with Crippen molar-refractivity contribution in [3.05, 3.63) is 52.3 Å². The minimum absolute atomic E-state index is 0.0659. The van der Waals surface area contributed by atoms with E-state index in [0.717, 1.165) is 33.5 Å². The topological polar surface area (TPSA) is 69.0 Å². The van der Waals surface area contributed by atoms with Crippen LogP contribution in [0, 0.1) is 20.8 Å². The monoisotopic (exact) mass is 402 g/mol. The maximum absolute atomic E-state index is 12.5. The van der Waals surface area contributed by atoms with Gasteiger partial charge in [-0.05, 0) is 44.4 Å². The highest BCUT2D eigenvalue weighted by molar-refractivity contribution is 5.84. The fourth-order valence-electron chi connectivity index (χ4n) is 3.61. The number of nitrogens with zero attached hydrogens (tertiary/aromatic N) is 3. The number of nitrogens with one attached hydrogen (secondary N) is 1. The number of benzene rings is 1. The number of ether oxygens (including phenoxy) is 1. The molecule has 8 heteroatoms. The summed E-state index contributed by atoms with van der Waals surface area (Å²) in [6.07, 6.45) is 0.808. The Labute approximate surface area is 167 Å². The van der Waals surface area contributed by atoms with E-state index in [9.17, 15) is 13.6 Å². The Kier molecular flexibility index (Phi) is 6.10. The smallest absolute Gasteiger partial charge is 0.387 e. The first kappa shape index (κ1) is 20.7. The van der Waals surface area contributed by atoms with Gasteiger partial charge in [-0.2, -0.15) is 13.9 Å². The molecule has 0 atom stereocenters. The lowest BCUT2D eigenvalue weighted by Gasteiger charge is -2.13. The highest BCUT2D eigenvalue weighted by Crippen LogP contribution is 2.26. The number of fused-ring (bicyclic) bond motifs is 1. The van der Waals surface area contributed by atoms with Crippen LogP contribution in [0.5, 0.6) is 5.75 Å². The van der Waals surface area contributed by atoms with Crippen molar-refractivity contribution in [1.82, 2.24) is 20.1 Å². The Morgan fingerprint density at radius 2 is 1.93 bits per heavy atom. The summed E-state index contributed by atoms with van der Waals surface area (Å²) in [5.74, 6) is -0.102. The van der Waals surface area contributed by atoms with Gasteiger partial charge in [0.1, 0.15) is 5.75 Å². The minimum Gasteiger partial charge on any atom is -0.434 e. The lowest BCUT2D eigenvalue weighted by atomic mass is 9.99. The van der Waals surface area contributed by atoms with Crippen LogP contribution in [0.25, 0.3) is 11.0 Å². The molecule has 3 rings (SSSR count). The molecular weight excluding hydrogens is 378 g/mol. The number of hydrogen-bond donors (Lipinski definition) is 1. The van der Waals surface area contributed by atoms with Gasteiger partial charge < -0.3 is 10.1 Å². The Morgan fingerprint density at radius 3 is 2.66 bits per heavy atom. The number of carbonyl (C=O) groups is 1. The first-order valence-corrected chi connectivity index (χ1v) is 9.36. The number of rotatable bonds is 7. The molecule has 29 heavy (non-hydrogen) atoms. The van der Waals surface area contributed by atoms with Crippen molar-refractivity contribution in [2.75, 3.05) is 0 Å². The zero-order valence-corrected chi connectivity index (χ0v) is 16.9. The second-order valence-corrected chi connectivity index (χ2v) is 6.97. The summed E-state index contributed by atoms with van der Waals surface area (Å²) >= 11 is 0. The van der Waals surface area contributed by atoms with Crippen molar-refractivity contribution in [3.63, 3.8) is 0 Å². The summed E-state index contributed by atoms with van der Waals surface area (Å²) in [6, 6.07) is 6.43. The maximum Gasteiger partial charge on any atom is 0.387 e. The number of halogens is 2. The molecule has 154 valence electrons. The third kappa shape index (κ3) is 4.52. The fourth-order valence-corrected chi connectivity index (χ4v) is 3.61. The van der Waals surface area contributed by atoms with Crippen molar-refractivity contribution < 1.29 is 18.3 Å². The normalized spacial score (nSPS) is 11.3. The van der Waals surface area contributed by atoms with Gasteiger partial charge in [0.05, 0.1) is 5.69 Å². The van der Waals surface area contributed by atoms with E-state index in [1.807, 2.05) is 27.8 Å². The molecule has 0 aliphatic heterocycles. The van der Waals surface area contributed by atoms with E-state index in [0.29, 0.717) is 12.0 Å². The van der Waals surface area contributed by atoms with Gasteiger partial charge in [0.15, 0.2) is 5.65 Å². The van der Waals surface area contributed by atoms with Gasteiger partial charge in [0.2, 0.25) is 5.91 Å². The second-order valence-electron chi connectivity index (χ2n) is 6.97. The molecule has 2 heterocycles. The van der Waals surface area contributed by atoms with Crippen molar-refractivity contribution in [3.8, 4) is 5.75 Å². The number of aryl methyl sites for hydroxylation is 4. The molecule has 0 spiro atoms. The van der Waals surface area contributed by atoms with Gasteiger partial charge in [-0.1, -0.05) is 18.2 Å². The van der Waals surface area contributed by atoms with E-state index >= 15 is 0 Å². The Balaban J connectivity index is 1.67. The molecule has 0 bridgehead atoms. The average molecular weight is 402 g/mol. The molecule has 0 fully saturated rings. The molecule has 1 N–H and O–H groups in total. The molecule has 0 saturated heterocycles. The third-order valence-electron chi connectivity index (χ3n) is 5.00. The van der Waals surface area contributed by atoms with Gasteiger partial charge in [0, 0.05) is 36.7 Å². The summed E-state index contributed by atoms with van der Waals surface area (Å²) in [5, 5.41) is 8.22. The van der Waals surface area contributed by atoms with E-state index < -0.39 is 6.61 Å². The molecule has 6 nitrogen and oxygen atoms in total. The number of amides is 1. The highest BCUT2D eigenvalue weighted by Gasteiger charge is 2.16. The van der Waals surface area contributed by atoms with Gasteiger partial charge in [-0.15, -0.1) is 0 Å². The van der Waals surface area contributed by atoms with E-state index in [1.54, 1.807) is 22.9 Å². The molecule has 2 aromatic heterocycles. The van der Waals surface area contributed by atoms with Crippen LogP contribution in [-0.4, -0.2) is 27.3 Å².